The van der Waals surface area contributed by atoms with Gasteiger partial charge in [-0.3, -0.25) is 9.59 Å². The predicted octanol–water partition coefficient (Wildman–Crippen LogP) is 4.42. The molecule has 0 spiro atoms. The normalized spacial score (nSPS) is 12.8. The lowest BCUT2D eigenvalue weighted by atomic mass is 10.0. The standard InChI is InChI=1S/C29H31FN2O8/c1-6-37-24-16-20(30)12-13-22(24)26(40-21-10-8-7-9-11-21)18(3)38-29(35)17(2)32-28(34)25-27(39-19(4)33)23(36-5)14-15-31-25/h7-18,26H,6H2,1-5H3,(H,32,34)/t17-,18-,26-/m0/s1. The summed E-state index contributed by atoms with van der Waals surface area (Å²) < 4.78 is 41.7. The number of methoxy groups -OCH3 is 1. The summed E-state index contributed by atoms with van der Waals surface area (Å²) in [6.07, 6.45) is -0.481. The third-order valence-electron chi connectivity index (χ3n) is 5.57. The van der Waals surface area contributed by atoms with Crippen molar-refractivity contribution in [3.63, 3.8) is 0 Å². The Kier molecular flexibility index (Phi) is 10.4. The van der Waals surface area contributed by atoms with E-state index >= 15 is 0 Å². The van der Waals surface area contributed by atoms with Crippen molar-refractivity contribution in [3.8, 4) is 23.0 Å². The molecule has 0 saturated carbocycles. The molecule has 3 rings (SSSR count). The molecule has 0 bridgehead atoms. The van der Waals surface area contributed by atoms with Crippen molar-refractivity contribution in [2.45, 2.75) is 45.9 Å². The monoisotopic (exact) mass is 554 g/mol. The summed E-state index contributed by atoms with van der Waals surface area (Å²) in [7, 11) is 1.34. The van der Waals surface area contributed by atoms with Crippen LogP contribution in [0.1, 0.15) is 49.9 Å². The second-order valence-corrected chi connectivity index (χ2v) is 8.59. The lowest BCUT2D eigenvalue weighted by molar-refractivity contribution is -0.154. The van der Waals surface area contributed by atoms with Crippen molar-refractivity contribution < 1.29 is 42.5 Å². The first-order valence-electron chi connectivity index (χ1n) is 12.5. The molecule has 2 aromatic carbocycles. The van der Waals surface area contributed by atoms with Gasteiger partial charge in [0.2, 0.25) is 5.75 Å². The van der Waals surface area contributed by atoms with E-state index < -0.39 is 41.9 Å². The van der Waals surface area contributed by atoms with E-state index in [0.717, 1.165) is 0 Å². The fraction of sp³-hybridized carbons (Fsp3) is 0.310. The number of ether oxygens (including phenoxy) is 5. The number of benzene rings is 2. The Balaban J connectivity index is 1.81. The van der Waals surface area contributed by atoms with Crippen LogP contribution in [0.4, 0.5) is 4.39 Å². The number of para-hydroxylation sites is 1. The number of pyridine rings is 1. The van der Waals surface area contributed by atoms with E-state index in [0.29, 0.717) is 11.3 Å². The van der Waals surface area contributed by atoms with Gasteiger partial charge >= 0.3 is 11.9 Å². The highest BCUT2D eigenvalue weighted by atomic mass is 19.1. The van der Waals surface area contributed by atoms with Gasteiger partial charge in [0.05, 0.1) is 13.7 Å². The van der Waals surface area contributed by atoms with Gasteiger partial charge in [-0.1, -0.05) is 18.2 Å². The average molecular weight is 555 g/mol. The van der Waals surface area contributed by atoms with Gasteiger partial charge in [-0.05, 0) is 45.0 Å². The number of nitrogens with zero attached hydrogens (tertiary/aromatic N) is 1. The number of hydrogen-bond donors (Lipinski definition) is 1. The maximum Gasteiger partial charge on any atom is 0.328 e. The Labute approximate surface area is 231 Å². The molecule has 11 heteroatoms. The molecule has 3 atom stereocenters. The molecule has 3 aromatic rings. The lowest BCUT2D eigenvalue weighted by Crippen LogP contribution is -2.42. The van der Waals surface area contributed by atoms with Crippen molar-refractivity contribution in [2.75, 3.05) is 13.7 Å². The van der Waals surface area contributed by atoms with Gasteiger partial charge in [0.15, 0.2) is 17.5 Å². The molecule has 0 aliphatic heterocycles. The Morgan fingerprint density at radius 3 is 2.40 bits per heavy atom. The highest BCUT2D eigenvalue weighted by molar-refractivity contribution is 5.98. The quantitative estimate of drug-likeness (QED) is 0.324. The van der Waals surface area contributed by atoms with Crippen molar-refractivity contribution >= 4 is 17.8 Å². The van der Waals surface area contributed by atoms with Gasteiger partial charge in [0.1, 0.15) is 29.5 Å². The molecular formula is C29H31FN2O8. The minimum Gasteiger partial charge on any atom is -0.493 e. The van der Waals surface area contributed by atoms with Crippen molar-refractivity contribution in [1.29, 1.82) is 0 Å². The van der Waals surface area contributed by atoms with Crippen LogP contribution in [0.2, 0.25) is 0 Å². The number of nitrogens with one attached hydrogen (secondary N) is 1. The number of amides is 1. The average Bonchev–Trinajstić information content (AvgIpc) is 2.92. The minimum atomic E-state index is -1.13. The van der Waals surface area contributed by atoms with Crippen LogP contribution in [0.5, 0.6) is 23.0 Å². The Morgan fingerprint density at radius 2 is 1.75 bits per heavy atom. The first-order chi connectivity index (χ1) is 19.1. The van der Waals surface area contributed by atoms with Gasteiger partial charge < -0.3 is 29.0 Å². The third kappa shape index (κ3) is 7.68. The molecule has 10 nitrogen and oxygen atoms in total. The van der Waals surface area contributed by atoms with Gasteiger partial charge in [-0.2, -0.15) is 0 Å². The van der Waals surface area contributed by atoms with Crippen LogP contribution in [0.3, 0.4) is 0 Å². The van der Waals surface area contributed by atoms with Crippen molar-refractivity contribution in [2.24, 2.45) is 0 Å². The van der Waals surface area contributed by atoms with E-state index in [9.17, 15) is 18.8 Å². The van der Waals surface area contributed by atoms with Crippen molar-refractivity contribution in [3.05, 3.63) is 77.9 Å². The van der Waals surface area contributed by atoms with Crippen LogP contribution in [0.15, 0.2) is 60.8 Å². The summed E-state index contributed by atoms with van der Waals surface area (Å²) >= 11 is 0. The van der Waals surface area contributed by atoms with E-state index in [2.05, 4.69) is 10.3 Å². The smallest absolute Gasteiger partial charge is 0.328 e. The molecule has 0 saturated heterocycles. The molecule has 1 aromatic heterocycles. The number of aromatic nitrogens is 1. The largest absolute Gasteiger partial charge is 0.493 e. The second-order valence-electron chi connectivity index (χ2n) is 8.59. The maximum atomic E-state index is 14.0. The number of esters is 2. The zero-order chi connectivity index (χ0) is 29.2. The summed E-state index contributed by atoms with van der Waals surface area (Å²) in [6.45, 7) is 6.25. The van der Waals surface area contributed by atoms with E-state index in [4.69, 9.17) is 23.7 Å². The van der Waals surface area contributed by atoms with E-state index in [1.165, 1.54) is 51.4 Å². The van der Waals surface area contributed by atoms with Crippen molar-refractivity contribution in [1.82, 2.24) is 10.3 Å². The minimum absolute atomic E-state index is 0.115. The third-order valence-corrected chi connectivity index (χ3v) is 5.57. The first kappa shape index (κ1) is 29.9. The molecule has 0 aliphatic rings. The van der Waals surface area contributed by atoms with Crippen LogP contribution in [-0.2, 0) is 14.3 Å². The van der Waals surface area contributed by atoms with Gasteiger partial charge in [0.25, 0.3) is 5.91 Å². The van der Waals surface area contributed by atoms with E-state index in [1.54, 1.807) is 38.1 Å². The molecule has 0 unspecified atom stereocenters. The summed E-state index contributed by atoms with van der Waals surface area (Å²) in [5.41, 5.74) is 0.218. The van der Waals surface area contributed by atoms with Crippen LogP contribution < -0.4 is 24.3 Å². The predicted molar refractivity (Wildman–Crippen MR) is 142 cm³/mol. The van der Waals surface area contributed by atoms with E-state index in [-0.39, 0.29) is 29.5 Å². The van der Waals surface area contributed by atoms with Gasteiger partial charge in [-0.25, -0.2) is 14.2 Å². The highest BCUT2D eigenvalue weighted by Crippen LogP contribution is 2.34. The molecule has 40 heavy (non-hydrogen) atoms. The molecule has 1 N–H and O–H groups in total. The number of halogens is 1. The molecular weight excluding hydrogens is 523 g/mol. The molecule has 0 fully saturated rings. The lowest BCUT2D eigenvalue weighted by Gasteiger charge is -2.28. The highest BCUT2D eigenvalue weighted by Gasteiger charge is 2.31. The number of hydrogen-bond acceptors (Lipinski definition) is 9. The number of carbonyl (C=O) groups is 3. The molecule has 1 amide bonds. The molecule has 0 radical (unpaired) electrons. The van der Waals surface area contributed by atoms with Crippen LogP contribution in [-0.4, -0.2) is 48.7 Å². The zero-order valence-corrected chi connectivity index (χ0v) is 22.8. The topological polar surface area (TPSA) is 122 Å². The fourth-order valence-electron chi connectivity index (χ4n) is 3.75. The van der Waals surface area contributed by atoms with Gasteiger partial charge in [-0.15, -0.1) is 0 Å². The fourth-order valence-corrected chi connectivity index (χ4v) is 3.75. The summed E-state index contributed by atoms with van der Waals surface area (Å²) in [5.74, 6) is -2.07. The second kappa shape index (κ2) is 13.9. The molecule has 212 valence electrons. The Morgan fingerprint density at radius 1 is 1.02 bits per heavy atom. The Hall–Kier alpha value is -4.67. The zero-order valence-electron chi connectivity index (χ0n) is 22.8. The number of carbonyl (C=O) groups excluding carboxylic acids is 3. The summed E-state index contributed by atoms with van der Waals surface area (Å²) in [4.78, 5) is 41.5. The van der Waals surface area contributed by atoms with Gasteiger partial charge in [0, 0.05) is 30.8 Å². The summed E-state index contributed by atoms with van der Waals surface area (Å²) in [6, 6.07) is 13.1. The Bertz CT molecular complexity index is 1330. The number of rotatable bonds is 12. The first-order valence-corrected chi connectivity index (χ1v) is 12.5. The summed E-state index contributed by atoms with van der Waals surface area (Å²) in [5, 5.41) is 2.50. The molecule has 0 aliphatic carbocycles. The maximum absolute atomic E-state index is 14.0. The molecule has 1 heterocycles. The van der Waals surface area contributed by atoms with Crippen LogP contribution in [0, 0.1) is 5.82 Å². The van der Waals surface area contributed by atoms with E-state index in [1.807, 2.05) is 6.07 Å². The van der Waals surface area contributed by atoms with Crippen LogP contribution in [0.25, 0.3) is 0 Å². The van der Waals surface area contributed by atoms with Crippen LogP contribution >= 0.6 is 0 Å². The SMILES string of the molecule is CCOc1cc(F)ccc1[C@@H](Oc1ccccc1)[C@H](C)OC(=O)[C@H](C)NC(=O)c1nccc(OC)c1OC(C)=O.